The van der Waals surface area contributed by atoms with Gasteiger partial charge in [0.1, 0.15) is 17.5 Å². The zero-order chi connectivity index (χ0) is 26.7. The van der Waals surface area contributed by atoms with E-state index in [0.717, 1.165) is 16.8 Å². The molecule has 0 atom stereocenters. The van der Waals surface area contributed by atoms with Crippen LogP contribution in [0.2, 0.25) is 0 Å². The molecule has 0 aliphatic heterocycles. The van der Waals surface area contributed by atoms with E-state index in [1.165, 1.54) is 60.8 Å². The molecule has 4 aromatic rings. The van der Waals surface area contributed by atoms with E-state index in [2.05, 4.69) is 9.82 Å². The highest BCUT2D eigenvalue weighted by molar-refractivity contribution is 7.89. The number of sulfonamides is 1. The molecule has 0 fully saturated rings. The zero-order valence-corrected chi connectivity index (χ0v) is 20.8. The van der Waals surface area contributed by atoms with Crippen LogP contribution in [0.5, 0.6) is 0 Å². The van der Waals surface area contributed by atoms with Crippen molar-refractivity contribution < 1.29 is 21.6 Å². The first-order chi connectivity index (χ1) is 17.5. The van der Waals surface area contributed by atoms with Gasteiger partial charge in [0.2, 0.25) is 10.0 Å². The minimum absolute atomic E-state index is 0.0366. The molecule has 0 saturated heterocycles. The second kappa shape index (κ2) is 10.7. The fourth-order valence-corrected chi connectivity index (χ4v) is 4.73. The molecule has 37 heavy (non-hydrogen) atoms. The summed E-state index contributed by atoms with van der Waals surface area (Å²) in [6, 6.07) is 14.2. The molecule has 3 aromatic carbocycles. The molecule has 1 N–H and O–H groups in total. The number of rotatable bonds is 8. The maximum atomic E-state index is 14.2. The molecule has 7 nitrogen and oxygen atoms in total. The summed E-state index contributed by atoms with van der Waals surface area (Å²) in [4.78, 5) is 15.2. The van der Waals surface area contributed by atoms with Crippen LogP contribution in [0.25, 0.3) is 22.3 Å². The zero-order valence-electron chi connectivity index (χ0n) is 20.0. The Balaban J connectivity index is 1.79. The van der Waals surface area contributed by atoms with Crippen molar-refractivity contribution in [2.45, 2.75) is 11.4 Å². The molecule has 0 unspecified atom stereocenters. The van der Waals surface area contributed by atoms with Crippen LogP contribution >= 0.6 is 0 Å². The third-order valence-corrected chi connectivity index (χ3v) is 6.96. The van der Waals surface area contributed by atoms with Crippen molar-refractivity contribution in [1.82, 2.24) is 19.4 Å². The summed E-state index contributed by atoms with van der Waals surface area (Å²) >= 11 is 0. The second-order valence-electron chi connectivity index (χ2n) is 8.55. The molecule has 1 aromatic heterocycles. The Morgan fingerprint density at radius 1 is 0.892 bits per heavy atom. The number of hydrogen-bond donors (Lipinski definition) is 1. The fourth-order valence-electron chi connectivity index (χ4n) is 3.64. The summed E-state index contributed by atoms with van der Waals surface area (Å²) in [6.07, 6.45) is 1.40. The number of nitrogens with zero attached hydrogens (tertiary/aromatic N) is 3. The Hall–Kier alpha value is -3.80. The molecule has 0 amide bonds. The molecular weight excluding hydrogens is 505 g/mol. The van der Waals surface area contributed by atoms with Gasteiger partial charge in [-0.05, 0) is 55.6 Å². The minimum Gasteiger partial charge on any atom is -0.296 e. The Kier molecular flexibility index (Phi) is 7.58. The summed E-state index contributed by atoms with van der Waals surface area (Å²) in [5, 5.41) is 4.17. The maximum absolute atomic E-state index is 14.2. The second-order valence-corrected chi connectivity index (χ2v) is 10.3. The van der Waals surface area contributed by atoms with Gasteiger partial charge in [-0.3, -0.25) is 9.69 Å². The third kappa shape index (κ3) is 5.96. The summed E-state index contributed by atoms with van der Waals surface area (Å²) < 4.78 is 69.7. The molecule has 0 saturated carbocycles. The topological polar surface area (TPSA) is 84.3 Å². The van der Waals surface area contributed by atoms with Crippen LogP contribution in [-0.4, -0.2) is 43.9 Å². The Bertz CT molecular complexity index is 1590. The highest BCUT2D eigenvalue weighted by Crippen LogP contribution is 2.30. The monoisotopic (exact) mass is 528 g/mol. The van der Waals surface area contributed by atoms with E-state index in [1.54, 1.807) is 19.0 Å². The van der Waals surface area contributed by atoms with Crippen molar-refractivity contribution in [2.24, 2.45) is 0 Å². The highest BCUT2D eigenvalue weighted by Gasteiger charge is 2.19. The van der Waals surface area contributed by atoms with Gasteiger partial charge < -0.3 is 0 Å². The van der Waals surface area contributed by atoms with Gasteiger partial charge in [-0.2, -0.15) is 9.82 Å². The number of benzene rings is 3. The number of nitrogens with one attached hydrogen (secondary N) is 1. The van der Waals surface area contributed by atoms with Gasteiger partial charge in [-0.25, -0.2) is 26.3 Å². The summed E-state index contributed by atoms with van der Waals surface area (Å²) in [5.41, 5.74) is 0.902. The molecule has 0 spiro atoms. The molecule has 1 heterocycles. The third-order valence-electron chi connectivity index (χ3n) is 5.56. The molecule has 0 bridgehead atoms. The van der Waals surface area contributed by atoms with Gasteiger partial charge in [0.05, 0.1) is 29.9 Å². The van der Waals surface area contributed by atoms with E-state index in [4.69, 9.17) is 0 Å². The molecule has 11 heteroatoms. The number of hydrogen-bond acceptors (Lipinski definition) is 5. The first-order valence-electron chi connectivity index (χ1n) is 11.1. The van der Waals surface area contributed by atoms with E-state index in [1.807, 2.05) is 0 Å². The minimum atomic E-state index is -3.76. The van der Waals surface area contributed by atoms with Gasteiger partial charge in [0.15, 0.2) is 0 Å². The lowest BCUT2D eigenvalue weighted by molar-refractivity contribution is 0.399. The smallest absolute Gasteiger partial charge is 0.275 e. The van der Waals surface area contributed by atoms with Gasteiger partial charge >= 0.3 is 0 Å². The first-order valence-corrected chi connectivity index (χ1v) is 12.6. The van der Waals surface area contributed by atoms with Crippen LogP contribution in [0.15, 0.2) is 82.6 Å². The number of halogens is 3. The van der Waals surface area contributed by atoms with Crippen LogP contribution < -0.4 is 10.3 Å². The van der Waals surface area contributed by atoms with Crippen molar-refractivity contribution in [3.05, 3.63) is 106 Å². The van der Waals surface area contributed by atoms with E-state index < -0.39 is 33.0 Å². The van der Waals surface area contributed by atoms with Crippen molar-refractivity contribution >= 4 is 10.0 Å². The van der Waals surface area contributed by atoms with Crippen molar-refractivity contribution in [3.8, 4) is 22.3 Å². The largest absolute Gasteiger partial charge is 0.296 e. The summed E-state index contributed by atoms with van der Waals surface area (Å²) in [6.45, 7) is -0.135. The van der Waals surface area contributed by atoms with Crippen LogP contribution in [0.3, 0.4) is 0 Å². The van der Waals surface area contributed by atoms with E-state index in [0.29, 0.717) is 16.7 Å². The SMILES string of the molecule is CN(C)CNS(=O)(=O)c1ccc(-c2cnn(Cc3ccc(F)cc3F)c(=O)c2-c2ccc(F)cc2)cc1. The van der Waals surface area contributed by atoms with Crippen LogP contribution in [-0.2, 0) is 16.6 Å². The molecule has 0 aliphatic carbocycles. The van der Waals surface area contributed by atoms with Crippen LogP contribution in [0.4, 0.5) is 13.2 Å². The first kappa shape index (κ1) is 26.3. The molecule has 0 aliphatic rings. The molecule has 4 rings (SSSR count). The maximum Gasteiger partial charge on any atom is 0.275 e. The lowest BCUT2D eigenvalue weighted by Crippen LogP contribution is -2.33. The van der Waals surface area contributed by atoms with Crippen molar-refractivity contribution in [3.63, 3.8) is 0 Å². The Morgan fingerprint density at radius 3 is 2.14 bits per heavy atom. The van der Waals surface area contributed by atoms with E-state index in [9.17, 15) is 26.4 Å². The number of aromatic nitrogens is 2. The Labute approximate surface area is 211 Å². The van der Waals surface area contributed by atoms with Crippen molar-refractivity contribution in [1.29, 1.82) is 0 Å². The average Bonchev–Trinajstić information content (AvgIpc) is 2.86. The molecule has 0 radical (unpaired) electrons. The normalized spacial score (nSPS) is 11.7. The van der Waals surface area contributed by atoms with Crippen LogP contribution in [0.1, 0.15) is 5.56 Å². The lowest BCUT2D eigenvalue weighted by atomic mass is 9.97. The quantitative estimate of drug-likeness (QED) is 0.352. The van der Waals surface area contributed by atoms with Crippen LogP contribution in [0, 0.1) is 17.5 Å². The molecule has 192 valence electrons. The highest BCUT2D eigenvalue weighted by atomic mass is 32.2. The predicted molar refractivity (Wildman–Crippen MR) is 134 cm³/mol. The molecular formula is C26H23F3N4O3S. The van der Waals surface area contributed by atoms with Gasteiger partial charge in [0.25, 0.3) is 5.56 Å². The van der Waals surface area contributed by atoms with Crippen molar-refractivity contribution in [2.75, 3.05) is 20.8 Å². The van der Waals surface area contributed by atoms with Gasteiger partial charge in [0, 0.05) is 17.2 Å². The van der Waals surface area contributed by atoms with E-state index >= 15 is 0 Å². The standard InChI is InChI=1S/C26H23F3N4O3S/c1-32(2)16-31-37(35,36)22-11-6-17(7-12-22)23-14-30-33(15-19-5-10-21(28)13-24(19)29)26(34)25(23)18-3-8-20(27)9-4-18/h3-14,31H,15-16H2,1-2H3. The van der Waals surface area contributed by atoms with E-state index in [-0.39, 0.29) is 29.2 Å². The van der Waals surface area contributed by atoms with Gasteiger partial charge in [-0.15, -0.1) is 0 Å². The summed E-state index contributed by atoms with van der Waals surface area (Å²) in [7, 11) is -0.306. The Morgan fingerprint density at radius 2 is 1.51 bits per heavy atom. The predicted octanol–water partition coefficient (Wildman–Crippen LogP) is 3.84. The lowest BCUT2D eigenvalue weighted by Gasteiger charge is -2.14. The summed E-state index contributed by atoms with van der Waals surface area (Å²) in [5.74, 6) is -2.06. The van der Waals surface area contributed by atoms with Gasteiger partial charge in [-0.1, -0.05) is 30.3 Å². The average molecular weight is 529 g/mol. The fraction of sp³-hybridized carbons (Fsp3) is 0.154.